The fourth-order valence-electron chi connectivity index (χ4n) is 0.628. The van der Waals surface area contributed by atoms with E-state index in [1.165, 1.54) is 0 Å². The van der Waals surface area contributed by atoms with Crippen LogP contribution in [-0.2, 0) is 0 Å². The van der Waals surface area contributed by atoms with E-state index in [0.717, 1.165) is 5.69 Å². The Morgan fingerprint density at radius 1 is 1.70 bits per heavy atom. The molecule has 52 valence electrons. The second kappa shape index (κ2) is 2.79. The molecule has 0 aliphatic carbocycles. The predicted molar refractivity (Wildman–Crippen MR) is 41.0 cm³/mol. The second-order valence-electron chi connectivity index (χ2n) is 1.93. The topological polar surface area (TPSA) is 49.1 Å². The Kier molecular flexibility index (Phi) is 2.01. The number of nitrogens with one attached hydrogen (secondary N) is 1. The van der Waals surface area contributed by atoms with Gasteiger partial charge in [-0.15, -0.1) is 12.6 Å². The lowest BCUT2D eigenvalue weighted by Crippen LogP contribution is -1.78. The highest BCUT2D eigenvalue weighted by molar-refractivity contribution is 7.80. The van der Waals surface area contributed by atoms with E-state index >= 15 is 0 Å². The maximum atomic E-state index is 6.73. The maximum Gasteiger partial charge on any atom is 0.102 e. The van der Waals surface area contributed by atoms with E-state index < -0.39 is 0 Å². The molecule has 0 bridgehead atoms. The molecule has 0 fully saturated rings. The monoisotopic (exact) mass is 153 g/mol. The standard InChI is InChI=1S/C6H7N3S/c1-4-2-5(9-7)6(10)3-8-4/h2-3,7,10H,1H3. The number of aryl methyl sites for hydroxylation is 1. The van der Waals surface area contributed by atoms with Gasteiger partial charge in [0.15, 0.2) is 0 Å². The van der Waals surface area contributed by atoms with Crippen molar-refractivity contribution in [1.82, 2.24) is 4.98 Å². The van der Waals surface area contributed by atoms with Crippen molar-refractivity contribution in [2.24, 2.45) is 5.11 Å². The SMILES string of the molecule is Cc1cc(N=N)c(S)cn1. The quantitative estimate of drug-likeness (QED) is 0.472. The van der Waals surface area contributed by atoms with Crippen LogP contribution >= 0.6 is 12.6 Å². The van der Waals surface area contributed by atoms with Crippen LogP contribution in [0.4, 0.5) is 5.69 Å². The summed E-state index contributed by atoms with van der Waals surface area (Å²) >= 11 is 4.05. The molecule has 0 atom stereocenters. The number of rotatable bonds is 1. The van der Waals surface area contributed by atoms with Gasteiger partial charge < -0.3 is 0 Å². The van der Waals surface area contributed by atoms with Crippen LogP contribution < -0.4 is 0 Å². The van der Waals surface area contributed by atoms with Crippen molar-refractivity contribution < 1.29 is 0 Å². The summed E-state index contributed by atoms with van der Waals surface area (Å²) in [7, 11) is 0. The largest absolute Gasteiger partial charge is 0.260 e. The average molecular weight is 153 g/mol. The summed E-state index contributed by atoms with van der Waals surface area (Å²) in [5, 5.41) is 3.26. The highest BCUT2D eigenvalue weighted by Crippen LogP contribution is 2.21. The van der Waals surface area contributed by atoms with E-state index in [2.05, 4.69) is 22.7 Å². The molecule has 0 unspecified atom stereocenters. The van der Waals surface area contributed by atoms with Crippen molar-refractivity contribution in [2.75, 3.05) is 0 Å². The van der Waals surface area contributed by atoms with Crippen LogP contribution in [0.5, 0.6) is 0 Å². The molecule has 4 heteroatoms. The smallest absolute Gasteiger partial charge is 0.102 e. The summed E-state index contributed by atoms with van der Waals surface area (Å²) in [6, 6.07) is 1.72. The first kappa shape index (κ1) is 7.21. The minimum Gasteiger partial charge on any atom is -0.260 e. The van der Waals surface area contributed by atoms with Crippen molar-refractivity contribution in [3.05, 3.63) is 18.0 Å². The molecule has 3 nitrogen and oxygen atoms in total. The van der Waals surface area contributed by atoms with Crippen molar-refractivity contribution in [2.45, 2.75) is 11.8 Å². The molecule has 10 heavy (non-hydrogen) atoms. The van der Waals surface area contributed by atoms with Crippen LogP contribution in [0.2, 0.25) is 0 Å². The van der Waals surface area contributed by atoms with Crippen LogP contribution in [0.3, 0.4) is 0 Å². The van der Waals surface area contributed by atoms with E-state index in [1.807, 2.05) is 6.92 Å². The summed E-state index contributed by atoms with van der Waals surface area (Å²) in [6.07, 6.45) is 1.59. The Bertz CT molecular complexity index is 259. The van der Waals surface area contributed by atoms with Gasteiger partial charge in [0.05, 0.1) is 4.90 Å². The maximum absolute atomic E-state index is 6.73. The van der Waals surface area contributed by atoms with E-state index in [4.69, 9.17) is 5.53 Å². The zero-order valence-corrected chi connectivity index (χ0v) is 6.39. The number of aromatic nitrogens is 1. The highest BCUT2D eigenvalue weighted by atomic mass is 32.1. The molecule has 0 aliphatic heterocycles. The Morgan fingerprint density at radius 2 is 2.40 bits per heavy atom. The first-order chi connectivity index (χ1) is 4.74. The zero-order chi connectivity index (χ0) is 7.56. The lowest BCUT2D eigenvalue weighted by molar-refractivity contribution is 1.07. The Morgan fingerprint density at radius 3 is 2.90 bits per heavy atom. The summed E-state index contributed by atoms with van der Waals surface area (Å²) in [5.41, 5.74) is 8.15. The van der Waals surface area contributed by atoms with E-state index in [-0.39, 0.29) is 0 Å². The van der Waals surface area contributed by atoms with Gasteiger partial charge in [-0.05, 0) is 13.0 Å². The summed E-state index contributed by atoms with van der Waals surface area (Å²) < 4.78 is 0. The van der Waals surface area contributed by atoms with Gasteiger partial charge in [0, 0.05) is 11.9 Å². The normalized spacial score (nSPS) is 9.40. The van der Waals surface area contributed by atoms with Crippen molar-refractivity contribution >= 4 is 18.3 Å². The minimum atomic E-state index is 0.566. The fraction of sp³-hybridized carbons (Fsp3) is 0.167. The van der Waals surface area contributed by atoms with Crippen LogP contribution in [-0.4, -0.2) is 4.98 Å². The third-order valence-electron chi connectivity index (χ3n) is 1.12. The summed E-state index contributed by atoms with van der Waals surface area (Å²) in [6.45, 7) is 1.85. The lowest BCUT2D eigenvalue weighted by atomic mass is 10.3. The molecule has 0 aromatic carbocycles. The molecule has 0 amide bonds. The van der Waals surface area contributed by atoms with Gasteiger partial charge in [-0.1, -0.05) is 0 Å². The Labute approximate surface area is 64.4 Å². The van der Waals surface area contributed by atoms with Gasteiger partial charge in [-0.3, -0.25) is 4.98 Å². The highest BCUT2D eigenvalue weighted by Gasteiger charge is 1.96. The van der Waals surface area contributed by atoms with Crippen LogP contribution in [0.15, 0.2) is 22.3 Å². The minimum absolute atomic E-state index is 0.566. The third kappa shape index (κ3) is 1.33. The van der Waals surface area contributed by atoms with Crippen molar-refractivity contribution in [3.8, 4) is 0 Å². The number of thiol groups is 1. The molecular weight excluding hydrogens is 146 g/mol. The lowest BCUT2D eigenvalue weighted by Gasteiger charge is -1.95. The Balaban J connectivity index is 3.21. The van der Waals surface area contributed by atoms with Gasteiger partial charge >= 0.3 is 0 Å². The zero-order valence-electron chi connectivity index (χ0n) is 5.50. The summed E-state index contributed by atoms with van der Waals surface area (Å²) in [5.74, 6) is 0. The van der Waals surface area contributed by atoms with E-state index in [0.29, 0.717) is 10.6 Å². The number of hydrogen-bond acceptors (Lipinski definition) is 4. The van der Waals surface area contributed by atoms with Crippen LogP contribution in [0.25, 0.3) is 0 Å². The molecule has 0 saturated heterocycles. The van der Waals surface area contributed by atoms with Gasteiger partial charge in [-0.25, -0.2) is 5.53 Å². The molecule has 1 heterocycles. The van der Waals surface area contributed by atoms with Gasteiger partial charge in [0.25, 0.3) is 0 Å². The number of nitrogens with zero attached hydrogens (tertiary/aromatic N) is 2. The average Bonchev–Trinajstić information content (AvgIpc) is 1.94. The molecule has 0 saturated carbocycles. The Hall–Kier alpha value is -0.900. The first-order valence-corrected chi connectivity index (χ1v) is 3.22. The number of hydrogen-bond donors (Lipinski definition) is 2. The molecule has 0 aliphatic rings. The fourth-order valence-corrected chi connectivity index (χ4v) is 0.800. The molecule has 0 radical (unpaired) electrons. The van der Waals surface area contributed by atoms with E-state index in [1.54, 1.807) is 12.3 Å². The first-order valence-electron chi connectivity index (χ1n) is 2.77. The van der Waals surface area contributed by atoms with Gasteiger partial charge in [0.1, 0.15) is 5.69 Å². The predicted octanol–water partition coefficient (Wildman–Crippen LogP) is 2.34. The molecule has 1 rings (SSSR count). The molecular formula is C6H7N3S. The van der Waals surface area contributed by atoms with Gasteiger partial charge in [0.2, 0.25) is 0 Å². The van der Waals surface area contributed by atoms with Crippen molar-refractivity contribution in [1.29, 1.82) is 5.53 Å². The van der Waals surface area contributed by atoms with Crippen molar-refractivity contribution in [3.63, 3.8) is 0 Å². The number of pyridine rings is 1. The van der Waals surface area contributed by atoms with Crippen LogP contribution in [0, 0.1) is 12.5 Å². The molecule has 1 aromatic heterocycles. The van der Waals surface area contributed by atoms with Gasteiger partial charge in [-0.2, -0.15) is 5.11 Å². The molecule has 0 spiro atoms. The van der Waals surface area contributed by atoms with E-state index in [9.17, 15) is 0 Å². The molecule has 1 aromatic rings. The van der Waals surface area contributed by atoms with Crippen LogP contribution in [0.1, 0.15) is 5.69 Å². The molecule has 1 N–H and O–H groups in total. The summed E-state index contributed by atoms with van der Waals surface area (Å²) in [4.78, 5) is 4.61. The second-order valence-corrected chi connectivity index (χ2v) is 2.41. The third-order valence-corrected chi connectivity index (χ3v) is 1.46.